The van der Waals surface area contributed by atoms with Crippen molar-refractivity contribution >= 4 is 132 Å². The lowest BCUT2D eigenvalue weighted by Crippen LogP contribution is -2.61. The van der Waals surface area contributed by atoms with E-state index >= 15 is 0 Å². The quantitative estimate of drug-likeness (QED) is 0.0116. The molecule has 16 amide bonds. The number of unbranched alkanes of at least 4 members (excludes halogenated alkanes) is 1. The van der Waals surface area contributed by atoms with Crippen LogP contribution in [0.3, 0.4) is 0 Å². The fraction of sp³-hybridized carbons (Fsp3) is 0.731. The van der Waals surface area contributed by atoms with E-state index in [1.807, 2.05) is 0 Å². The first-order valence-corrected chi connectivity index (χ1v) is 37.8. The van der Waals surface area contributed by atoms with E-state index in [-0.39, 0.29) is 93.9 Å². The smallest absolute Gasteiger partial charge is 0.326 e. The number of carboxylic acid groups (broad SMARTS) is 1. The highest BCUT2D eigenvalue weighted by Gasteiger charge is 2.41. The molecule has 0 saturated carbocycles. The summed E-state index contributed by atoms with van der Waals surface area (Å²) in [5, 5.41) is 65.1. The summed E-state index contributed by atoms with van der Waals surface area (Å²) in [5.74, 6) is -18.2. The zero-order valence-corrected chi connectivity index (χ0v) is 66.2. The molecule has 0 aromatic heterocycles. The molecule has 27 N–H and O–H groups in total. The van der Waals surface area contributed by atoms with Crippen molar-refractivity contribution in [3.63, 3.8) is 0 Å². The van der Waals surface area contributed by atoms with E-state index in [1.54, 1.807) is 55.4 Å². The van der Waals surface area contributed by atoms with Gasteiger partial charge in [0.25, 0.3) is 0 Å². The Kier molecular flexibility index (Phi) is 45.4. The summed E-state index contributed by atoms with van der Waals surface area (Å²) in [6.45, 7) is 15.1. The van der Waals surface area contributed by atoms with Gasteiger partial charge in [-0.3, -0.25) is 81.7 Å². The lowest BCUT2D eigenvalue weighted by molar-refractivity contribution is -0.143. The average Bonchev–Trinajstić information content (AvgIpc) is 1.65. The summed E-state index contributed by atoms with van der Waals surface area (Å²) < 4.78 is 0. The third kappa shape index (κ3) is 35.7. The Bertz CT molecular complexity index is 3180. The molecule has 1 aliphatic rings. The molecule has 41 nitrogen and oxygen atoms in total. The molecule has 110 heavy (non-hydrogen) atoms. The van der Waals surface area contributed by atoms with Crippen molar-refractivity contribution < 1.29 is 96.8 Å². The number of aliphatic carboxylic acids is 1. The van der Waals surface area contributed by atoms with Crippen LogP contribution in [0.25, 0.3) is 0 Å². The monoisotopic (exact) mass is 1600 g/mol. The number of amides is 16. The van der Waals surface area contributed by atoms with Gasteiger partial charge in [0.2, 0.25) is 94.5 Å². The molecule has 1 fully saturated rings. The lowest BCUT2D eigenvalue weighted by Gasteiger charge is -2.29. The number of thiol groups is 2. The molecule has 1 saturated heterocycles. The number of primary amides is 1. The Labute approximate surface area is 650 Å². The van der Waals surface area contributed by atoms with E-state index in [0.717, 1.165) is 13.8 Å². The molecular formula is C67H119N21O20S2. The number of carboxylic acids is 1. The maximum absolute atomic E-state index is 14.3. The predicted octanol–water partition coefficient (Wildman–Crippen LogP) is -8.44. The topological polar surface area (TPSA) is 665 Å². The van der Waals surface area contributed by atoms with E-state index in [0.29, 0.717) is 12.8 Å². The number of carbonyl (C=O) groups excluding carboxylic acids is 16. The van der Waals surface area contributed by atoms with E-state index in [9.17, 15) is 96.8 Å². The number of aliphatic hydroxyl groups excluding tert-OH is 2. The van der Waals surface area contributed by atoms with E-state index in [2.05, 4.69) is 105 Å². The molecule has 1 rings (SSSR count). The fourth-order valence-electron chi connectivity index (χ4n) is 10.8. The number of carbonyl (C=O) groups is 17. The minimum atomic E-state index is -1.79. The minimum Gasteiger partial charge on any atom is -0.480 e. The first kappa shape index (κ1) is 98.8. The van der Waals surface area contributed by atoms with Crippen LogP contribution in [0.2, 0.25) is 0 Å². The molecule has 0 spiro atoms. The first-order chi connectivity index (χ1) is 51.5. The van der Waals surface area contributed by atoms with E-state index < -0.39 is 236 Å². The number of likely N-dealkylation sites (tertiary alicyclic amines) is 1. The second-order valence-electron chi connectivity index (χ2n) is 28.0. The van der Waals surface area contributed by atoms with Crippen molar-refractivity contribution in [1.29, 1.82) is 0 Å². The minimum absolute atomic E-state index is 0.0427. The fourth-order valence-corrected chi connectivity index (χ4v) is 11.3. The highest BCUT2D eigenvalue weighted by Crippen LogP contribution is 2.20. The molecular weight excluding hydrogens is 1480 g/mol. The Morgan fingerprint density at radius 3 is 1.39 bits per heavy atom. The SMILES string of the molecule is CC[C@H](C)[C@H](NC(=O)[C@H](CCC(N)=O)NC(=O)CNC(=O)[C@@H](NC(=O)[C@H](CS)NC(=O)[C@H](CC(C)C)NC(=O)CNC(=O)[C@@H](NC(=O)[C@@H](N)C(C)C)C(C)C)[C@@H](C)O)C(=O)N[C@@H](CCCCN)C(=O)N[C@H](C(=O)NCC(=O)N[C@@H](C)C(=O)N1CCC[C@H]1C(=O)N[C@@H](CS)C(=O)N[C@@H](CCCN=C(N)N)C(=O)O)[C@@H](C)O. The number of aliphatic imine (C=N–C) groups is 1. The van der Waals surface area contributed by atoms with Gasteiger partial charge in [0, 0.05) is 31.0 Å². The molecule has 0 aliphatic carbocycles. The van der Waals surface area contributed by atoms with Crippen molar-refractivity contribution in [1.82, 2.24) is 79.3 Å². The molecule has 0 aromatic carbocycles. The molecule has 43 heteroatoms. The Morgan fingerprint density at radius 2 is 0.927 bits per heavy atom. The van der Waals surface area contributed by atoms with Crippen molar-refractivity contribution in [2.75, 3.05) is 50.8 Å². The molecule has 16 atom stereocenters. The highest BCUT2D eigenvalue weighted by atomic mass is 32.1. The standard InChI is InChI=1S/C67H119N21O20S2/c1-12-34(8)51(64(105)80-38(17-13-14-22-68)54(95)86-52(36(10)89)62(103)75-26-46(92)77-35(9)65(106)88-24-16-19-44(88)59(100)83-42(29-109)57(98)81-40(66(107)108)18-15-23-73-67(71)72)85-55(96)39(20-21-45(69)91)78-47(93)27-76-63(104)53(37(11)90)87-58(99)43(30-110)82-56(97)41(25-31(2)3)79-48(94)28-74-61(102)50(33(6)7)84-60(101)49(70)32(4)5/h31-44,49-53,89-90,109-110H,12-30,68,70H2,1-11H3,(H2,69,91)(H,74,102)(H,75,103)(H,76,104)(H,77,92)(H,78,93)(H,79,94)(H,80,105)(H,81,98)(H,82,97)(H,83,100)(H,84,101)(H,85,96)(H,86,95)(H,87,99)(H,107,108)(H4,71,72,73)/t34-,35-,36+,37+,38-,39-,40-,41-,42-,43-,44-,49-,50-,51-,52-,53-/m0/s1. The zero-order chi connectivity index (χ0) is 84.0. The largest absolute Gasteiger partial charge is 0.480 e. The Balaban J connectivity index is 3.20. The summed E-state index contributed by atoms with van der Waals surface area (Å²) in [7, 11) is 0. The predicted molar refractivity (Wildman–Crippen MR) is 407 cm³/mol. The summed E-state index contributed by atoms with van der Waals surface area (Å²) in [4.78, 5) is 232. The van der Waals surface area contributed by atoms with Crippen LogP contribution in [0.15, 0.2) is 4.99 Å². The third-order valence-electron chi connectivity index (χ3n) is 17.5. The van der Waals surface area contributed by atoms with Crippen LogP contribution < -0.4 is 103 Å². The molecule has 0 bridgehead atoms. The van der Waals surface area contributed by atoms with Gasteiger partial charge in [-0.1, -0.05) is 61.8 Å². The number of nitrogens with two attached hydrogens (primary N) is 5. The third-order valence-corrected chi connectivity index (χ3v) is 18.2. The maximum Gasteiger partial charge on any atom is 0.326 e. The van der Waals surface area contributed by atoms with Crippen LogP contribution in [0, 0.1) is 23.7 Å². The van der Waals surface area contributed by atoms with Gasteiger partial charge in [-0.2, -0.15) is 25.3 Å². The number of guanidine groups is 1. The molecule has 0 aromatic rings. The van der Waals surface area contributed by atoms with Gasteiger partial charge >= 0.3 is 5.97 Å². The van der Waals surface area contributed by atoms with Crippen molar-refractivity contribution in [3.05, 3.63) is 0 Å². The average molecular weight is 1600 g/mol. The number of aliphatic hydroxyl groups is 2. The van der Waals surface area contributed by atoms with Crippen LogP contribution >= 0.6 is 25.3 Å². The number of hydrogen-bond acceptors (Lipinski definition) is 24. The van der Waals surface area contributed by atoms with Gasteiger partial charge in [-0.25, -0.2) is 4.79 Å². The summed E-state index contributed by atoms with van der Waals surface area (Å²) in [6.07, 6.45) is -2.87. The summed E-state index contributed by atoms with van der Waals surface area (Å²) >= 11 is 8.33. The lowest BCUT2D eigenvalue weighted by atomic mass is 9.96. The van der Waals surface area contributed by atoms with Gasteiger partial charge in [0.05, 0.1) is 37.9 Å². The van der Waals surface area contributed by atoms with Crippen molar-refractivity contribution in [3.8, 4) is 0 Å². The van der Waals surface area contributed by atoms with Gasteiger partial charge in [0.15, 0.2) is 5.96 Å². The molecule has 1 heterocycles. The van der Waals surface area contributed by atoms with Crippen LogP contribution in [-0.2, 0) is 81.5 Å². The van der Waals surface area contributed by atoms with Crippen molar-refractivity contribution in [2.24, 2.45) is 57.3 Å². The van der Waals surface area contributed by atoms with Gasteiger partial charge in [-0.05, 0) is 109 Å². The van der Waals surface area contributed by atoms with Gasteiger partial charge in [0.1, 0.15) is 72.5 Å². The van der Waals surface area contributed by atoms with Crippen LogP contribution in [0.5, 0.6) is 0 Å². The Hall–Kier alpha value is -9.20. The molecule has 0 radical (unpaired) electrons. The van der Waals surface area contributed by atoms with Crippen LogP contribution in [-0.4, -0.2) is 268 Å². The number of hydrogen-bond donors (Lipinski definition) is 24. The van der Waals surface area contributed by atoms with Gasteiger partial charge in [-0.15, -0.1) is 0 Å². The summed E-state index contributed by atoms with van der Waals surface area (Å²) in [5.41, 5.74) is 27.7. The van der Waals surface area contributed by atoms with Gasteiger partial charge < -0.3 is 123 Å². The summed E-state index contributed by atoms with van der Waals surface area (Å²) in [6, 6.07) is -18.0. The van der Waals surface area contributed by atoms with Crippen molar-refractivity contribution in [2.45, 2.75) is 238 Å². The number of nitrogens with zero attached hydrogens (tertiary/aromatic N) is 2. The molecule has 0 unspecified atom stereocenters. The van der Waals surface area contributed by atoms with E-state index in [1.165, 1.54) is 11.8 Å². The number of nitrogens with one attached hydrogen (secondary N) is 14. The first-order valence-electron chi connectivity index (χ1n) is 36.5. The second kappa shape index (κ2) is 50.6. The normalized spacial score (nSPS) is 16.7. The maximum atomic E-state index is 14.3. The van der Waals surface area contributed by atoms with Crippen LogP contribution in [0.4, 0.5) is 0 Å². The highest BCUT2D eigenvalue weighted by molar-refractivity contribution is 7.80. The number of rotatable bonds is 51. The second-order valence-corrected chi connectivity index (χ2v) is 28.7. The Morgan fingerprint density at radius 1 is 0.491 bits per heavy atom. The zero-order valence-electron chi connectivity index (χ0n) is 64.4. The molecule has 624 valence electrons. The van der Waals surface area contributed by atoms with Crippen LogP contribution in [0.1, 0.15) is 147 Å². The van der Waals surface area contributed by atoms with E-state index in [4.69, 9.17) is 28.7 Å². The molecule has 1 aliphatic heterocycles.